The zero-order valence-corrected chi connectivity index (χ0v) is 16.6. The average Bonchev–Trinajstić information content (AvgIpc) is 3.03. The fourth-order valence-corrected chi connectivity index (χ4v) is 2.86. The zero-order valence-electron chi connectivity index (χ0n) is 16.6. The molecule has 1 aliphatic rings. The van der Waals surface area contributed by atoms with E-state index in [0.717, 1.165) is 5.56 Å². The third-order valence-electron chi connectivity index (χ3n) is 4.23. The minimum Gasteiger partial charge on any atom is -0.444 e. The number of aryl methyl sites for hydroxylation is 1. The largest absolute Gasteiger partial charge is 0.444 e. The normalized spacial score (nSPS) is 16.6. The van der Waals surface area contributed by atoms with Crippen LogP contribution in [0.3, 0.4) is 0 Å². The summed E-state index contributed by atoms with van der Waals surface area (Å²) >= 11 is 0. The van der Waals surface area contributed by atoms with E-state index in [9.17, 15) is 9.59 Å². The molecule has 146 valence electrons. The molecule has 0 bridgehead atoms. The van der Waals surface area contributed by atoms with Crippen LogP contribution in [-0.4, -0.2) is 53.2 Å². The highest BCUT2D eigenvalue weighted by Crippen LogP contribution is 2.16. The summed E-state index contributed by atoms with van der Waals surface area (Å²) in [6.07, 6.45) is 5.78. The first-order chi connectivity index (χ1) is 12.7. The van der Waals surface area contributed by atoms with E-state index in [2.05, 4.69) is 11.2 Å². The van der Waals surface area contributed by atoms with Crippen LogP contribution < -0.4 is 5.32 Å². The van der Waals surface area contributed by atoms with Gasteiger partial charge in [-0.25, -0.2) is 9.59 Å². The highest BCUT2D eigenvalue weighted by molar-refractivity contribution is 5.75. The van der Waals surface area contributed by atoms with E-state index in [1.54, 1.807) is 9.80 Å². The lowest BCUT2D eigenvalue weighted by Gasteiger charge is -2.25. The van der Waals surface area contributed by atoms with E-state index in [-0.39, 0.29) is 24.7 Å². The Hall–Kier alpha value is -2.68. The van der Waals surface area contributed by atoms with E-state index in [1.165, 1.54) is 5.56 Å². The third-order valence-corrected chi connectivity index (χ3v) is 4.23. The van der Waals surface area contributed by atoms with Crippen LogP contribution in [0.1, 0.15) is 38.3 Å². The van der Waals surface area contributed by atoms with Crippen LogP contribution in [0.2, 0.25) is 0 Å². The van der Waals surface area contributed by atoms with Crippen molar-refractivity contribution < 1.29 is 14.3 Å². The quantitative estimate of drug-likeness (QED) is 0.827. The van der Waals surface area contributed by atoms with E-state index in [0.29, 0.717) is 26.1 Å². The van der Waals surface area contributed by atoms with Crippen LogP contribution >= 0.6 is 0 Å². The molecule has 0 spiro atoms. The Labute approximate surface area is 161 Å². The number of benzene rings is 1. The number of carbonyl (C=O) groups is 2. The predicted molar refractivity (Wildman–Crippen MR) is 105 cm³/mol. The number of hydrogen-bond acceptors (Lipinski definition) is 3. The molecule has 0 saturated carbocycles. The number of urea groups is 1. The highest BCUT2D eigenvalue weighted by Gasteiger charge is 2.31. The van der Waals surface area contributed by atoms with Gasteiger partial charge in [0.25, 0.3) is 0 Å². The highest BCUT2D eigenvalue weighted by atomic mass is 16.6. The molecular weight excluding hydrogens is 342 g/mol. The molecule has 1 atom stereocenters. The number of terminal acetylenes is 1. The number of rotatable bonds is 4. The van der Waals surface area contributed by atoms with Crippen LogP contribution in [0.25, 0.3) is 0 Å². The number of hydrogen-bond donors (Lipinski definition) is 1. The van der Waals surface area contributed by atoms with Crippen LogP contribution in [0.5, 0.6) is 0 Å². The topological polar surface area (TPSA) is 61.9 Å². The Bertz CT molecular complexity index is 701. The summed E-state index contributed by atoms with van der Waals surface area (Å²) in [6, 6.07) is 7.68. The number of ether oxygens (including phenoxy) is 1. The van der Waals surface area contributed by atoms with Gasteiger partial charge in [0.05, 0.1) is 6.54 Å². The van der Waals surface area contributed by atoms with E-state index in [4.69, 9.17) is 11.2 Å². The molecule has 2 rings (SSSR count). The number of likely N-dealkylation sites (tertiary alicyclic amines) is 1. The monoisotopic (exact) mass is 371 g/mol. The molecule has 0 radical (unpaired) electrons. The van der Waals surface area contributed by atoms with Gasteiger partial charge in [0.1, 0.15) is 5.60 Å². The number of amides is 3. The first kappa shape index (κ1) is 20.6. The van der Waals surface area contributed by atoms with Crippen molar-refractivity contribution >= 4 is 12.1 Å². The summed E-state index contributed by atoms with van der Waals surface area (Å²) in [4.78, 5) is 28.0. The van der Waals surface area contributed by atoms with Gasteiger partial charge in [-0.15, -0.1) is 6.42 Å². The van der Waals surface area contributed by atoms with Crippen molar-refractivity contribution in [2.45, 2.75) is 52.3 Å². The van der Waals surface area contributed by atoms with Crippen molar-refractivity contribution in [1.82, 2.24) is 15.1 Å². The molecule has 6 heteroatoms. The van der Waals surface area contributed by atoms with Gasteiger partial charge in [0, 0.05) is 25.7 Å². The van der Waals surface area contributed by atoms with Crippen molar-refractivity contribution in [1.29, 1.82) is 0 Å². The van der Waals surface area contributed by atoms with E-state index >= 15 is 0 Å². The molecule has 1 N–H and O–H groups in total. The Balaban J connectivity index is 1.91. The van der Waals surface area contributed by atoms with Gasteiger partial charge in [0.15, 0.2) is 0 Å². The maximum absolute atomic E-state index is 12.7. The molecule has 0 unspecified atom stereocenters. The van der Waals surface area contributed by atoms with Crippen molar-refractivity contribution in [3.05, 3.63) is 35.4 Å². The molecule has 1 heterocycles. The van der Waals surface area contributed by atoms with Gasteiger partial charge >= 0.3 is 12.1 Å². The SMILES string of the molecule is C#CCN(Cc1ccc(C)cc1)C(=O)N[C@@H]1CCN(C(=O)OC(C)(C)C)C1. The summed E-state index contributed by atoms with van der Waals surface area (Å²) in [5.74, 6) is 2.54. The summed E-state index contributed by atoms with van der Waals surface area (Å²) in [6.45, 7) is 9.20. The van der Waals surface area contributed by atoms with Crippen molar-refractivity contribution in [2.24, 2.45) is 0 Å². The minimum atomic E-state index is -0.532. The number of carbonyl (C=O) groups excluding carboxylic acids is 2. The third kappa shape index (κ3) is 6.52. The smallest absolute Gasteiger partial charge is 0.410 e. The standard InChI is InChI=1S/C21H29N3O3/c1-6-12-23(14-17-9-7-16(2)8-10-17)19(25)22-18-11-13-24(15-18)20(26)27-21(3,4)5/h1,7-10,18H,11-15H2,2-5H3,(H,22,25)/t18-/m1/s1. The lowest BCUT2D eigenvalue weighted by Crippen LogP contribution is -2.46. The van der Waals surface area contributed by atoms with Crippen molar-refractivity contribution in [3.8, 4) is 12.3 Å². The Kier molecular flexibility index (Phi) is 6.73. The molecule has 27 heavy (non-hydrogen) atoms. The zero-order chi connectivity index (χ0) is 20.0. The van der Waals surface area contributed by atoms with E-state index < -0.39 is 5.60 Å². The molecule has 6 nitrogen and oxygen atoms in total. The van der Waals surface area contributed by atoms with Crippen LogP contribution in [-0.2, 0) is 11.3 Å². The summed E-state index contributed by atoms with van der Waals surface area (Å²) in [7, 11) is 0. The fourth-order valence-electron chi connectivity index (χ4n) is 2.86. The van der Waals surface area contributed by atoms with Crippen LogP contribution in [0, 0.1) is 19.3 Å². The van der Waals surface area contributed by atoms with E-state index in [1.807, 2.05) is 52.0 Å². The summed E-state index contributed by atoms with van der Waals surface area (Å²) in [5, 5.41) is 2.99. The van der Waals surface area contributed by atoms with Gasteiger partial charge in [0.2, 0.25) is 0 Å². The Morgan fingerprint density at radius 2 is 2.00 bits per heavy atom. The van der Waals surface area contributed by atoms with Gasteiger partial charge in [-0.2, -0.15) is 0 Å². The molecule has 1 fully saturated rings. The number of nitrogens with zero attached hydrogens (tertiary/aromatic N) is 2. The fraction of sp³-hybridized carbons (Fsp3) is 0.524. The minimum absolute atomic E-state index is 0.108. The first-order valence-electron chi connectivity index (χ1n) is 9.20. The van der Waals surface area contributed by atoms with Gasteiger partial charge in [-0.1, -0.05) is 35.7 Å². The van der Waals surface area contributed by atoms with Crippen molar-refractivity contribution in [2.75, 3.05) is 19.6 Å². The van der Waals surface area contributed by atoms with Crippen LogP contribution in [0.4, 0.5) is 9.59 Å². The second-order valence-electron chi connectivity index (χ2n) is 7.91. The summed E-state index contributed by atoms with van der Waals surface area (Å²) in [5.41, 5.74) is 1.66. The molecule has 1 saturated heterocycles. The lowest BCUT2D eigenvalue weighted by atomic mass is 10.1. The van der Waals surface area contributed by atoms with Gasteiger partial charge in [-0.05, 0) is 39.7 Å². The van der Waals surface area contributed by atoms with Gasteiger partial charge in [-0.3, -0.25) is 0 Å². The maximum Gasteiger partial charge on any atom is 0.410 e. The van der Waals surface area contributed by atoms with Crippen LogP contribution in [0.15, 0.2) is 24.3 Å². The van der Waals surface area contributed by atoms with Crippen molar-refractivity contribution in [3.63, 3.8) is 0 Å². The Morgan fingerprint density at radius 1 is 1.33 bits per heavy atom. The molecule has 0 aromatic heterocycles. The molecule has 1 aliphatic heterocycles. The molecule has 0 aliphatic carbocycles. The molecule has 1 aromatic carbocycles. The predicted octanol–water partition coefficient (Wildman–Crippen LogP) is 3.15. The lowest BCUT2D eigenvalue weighted by molar-refractivity contribution is 0.0291. The molecular formula is C21H29N3O3. The average molecular weight is 371 g/mol. The maximum atomic E-state index is 12.7. The van der Waals surface area contributed by atoms with Gasteiger partial charge < -0.3 is 19.9 Å². The molecule has 3 amide bonds. The summed E-state index contributed by atoms with van der Waals surface area (Å²) < 4.78 is 5.39. The second kappa shape index (κ2) is 8.81. The number of nitrogens with one attached hydrogen (secondary N) is 1. The second-order valence-corrected chi connectivity index (χ2v) is 7.91. The molecule has 1 aromatic rings. The Morgan fingerprint density at radius 3 is 2.59 bits per heavy atom. The first-order valence-corrected chi connectivity index (χ1v) is 9.20.